The molecule has 2 atom stereocenters. The van der Waals surface area contributed by atoms with Crippen molar-refractivity contribution >= 4 is 17.7 Å². The molecule has 9 nitrogen and oxygen atoms in total. The van der Waals surface area contributed by atoms with E-state index in [9.17, 15) is 14.4 Å². The van der Waals surface area contributed by atoms with Gasteiger partial charge in [-0.25, -0.2) is 0 Å². The molecule has 0 radical (unpaired) electrons. The van der Waals surface area contributed by atoms with Crippen LogP contribution in [0.1, 0.15) is 56.0 Å². The van der Waals surface area contributed by atoms with Gasteiger partial charge in [0, 0.05) is 44.7 Å². The maximum atomic E-state index is 14.0. The molecule has 0 saturated carbocycles. The lowest BCUT2D eigenvalue weighted by atomic mass is 9.91. The number of ether oxygens (including phenoxy) is 2. The van der Waals surface area contributed by atoms with Gasteiger partial charge >= 0.3 is 0 Å². The van der Waals surface area contributed by atoms with Gasteiger partial charge in [-0.05, 0) is 60.7 Å². The Hall–Kier alpha value is -3.59. The van der Waals surface area contributed by atoms with Crippen LogP contribution in [0.5, 0.6) is 11.5 Å². The Kier molecular flexibility index (Phi) is 9.91. The predicted molar refractivity (Wildman–Crippen MR) is 158 cm³/mol. The van der Waals surface area contributed by atoms with Crippen molar-refractivity contribution in [2.45, 2.75) is 58.7 Å². The van der Waals surface area contributed by atoms with Gasteiger partial charge in [-0.1, -0.05) is 39.0 Å². The number of amides is 3. The summed E-state index contributed by atoms with van der Waals surface area (Å²) in [5.74, 6) is 1.01. The molecule has 2 aromatic rings. The molecule has 2 aliphatic heterocycles. The molecule has 2 aliphatic rings. The van der Waals surface area contributed by atoms with Crippen LogP contribution < -0.4 is 14.8 Å². The Morgan fingerprint density at radius 2 is 1.68 bits per heavy atom. The summed E-state index contributed by atoms with van der Waals surface area (Å²) < 4.78 is 10.8. The fraction of sp³-hybridized carbons (Fsp3) is 0.531. The second-order valence-corrected chi connectivity index (χ2v) is 12.1. The lowest BCUT2D eigenvalue weighted by Gasteiger charge is -2.32. The molecular formula is C32H44N4O5. The van der Waals surface area contributed by atoms with E-state index in [1.807, 2.05) is 54.8 Å². The van der Waals surface area contributed by atoms with Crippen LogP contribution in [-0.2, 0) is 16.1 Å². The maximum Gasteiger partial charge on any atom is 0.254 e. The van der Waals surface area contributed by atoms with Crippen LogP contribution in [0.4, 0.5) is 0 Å². The van der Waals surface area contributed by atoms with E-state index in [0.29, 0.717) is 43.8 Å². The quantitative estimate of drug-likeness (QED) is 0.527. The van der Waals surface area contributed by atoms with Crippen LogP contribution >= 0.6 is 0 Å². The summed E-state index contributed by atoms with van der Waals surface area (Å²) in [6.45, 7) is 9.59. The standard InChI is InChI=1S/C32H44N4O5/c1-32(2,3)20-29(37)35(21-23-9-6-11-26(17-23)40-4)25-19-28(31(39)34-15-8-13-33-14-16-34)36(22-25)30(38)24-10-7-12-27(18-24)41-5/h6-7,9-12,17-18,25,28,33H,8,13-16,19-22H2,1-5H3. The molecule has 2 fully saturated rings. The number of benzene rings is 2. The van der Waals surface area contributed by atoms with E-state index in [1.54, 1.807) is 43.4 Å². The SMILES string of the molecule is COc1cccc(CN(C(=O)CC(C)(C)C)C2CC(C(=O)N3CCCNCC3)N(C(=O)c3cccc(OC)c3)C2)c1. The number of likely N-dealkylation sites (tertiary alicyclic amines) is 1. The minimum absolute atomic E-state index is 0.00571. The van der Waals surface area contributed by atoms with E-state index in [-0.39, 0.29) is 35.7 Å². The molecule has 4 rings (SSSR count). The zero-order chi connectivity index (χ0) is 29.6. The molecule has 222 valence electrons. The molecule has 2 aromatic carbocycles. The summed E-state index contributed by atoms with van der Waals surface area (Å²) in [6.07, 6.45) is 1.60. The van der Waals surface area contributed by atoms with Crippen LogP contribution in [0.15, 0.2) is 48.5 Å². The highest BCUT2D eigenvalue weighted by Gasteiger charge is 2.45. The number of methoxy groups -OCH3 is 2. The smallest absolute Gasteiger partial charge is 0.254 e. The third kappa shape index (κ3) is 7.79. The fourth-order valence-electron chi connectivity index (χ4n) is 5.64. The number of carbonyl (C=O) groups is 3. The van der Waals surface area contributed by atoms with Gasteiger partial charge in [-0.2, -0.15) is 0 Å². The van der Waals surface area contributed by atoms with Gasteiger partial charge in [0.15, 0.2) is 0 Å². The number of rotatable bonds is 8. The molecule has 0 aliphatic carbocycles. The van der Waals surface area contributed by atoms with Gasteiger partial charge in [0.25, 0.3) is 5.91 Å². The van der Waals surface area contributed by atoms with E-state index >= 15 is 0 Å². The molecule has 3 amide bonds. The Balaban J connectivity index is 1.68. The van der Waals surface area contributed by atoms with E-state index in [2.05, 4.69) is 5.32 Å². The highest BCUT2D eigenvalue weighted by Crippen LogP contribution is 2.31. The van der Waals surface area contributed by atoms with Gasteiger partial charge in [-0.15, -0.1) is 0 Å². The Morgan fingerprint density at radius 1 is 0.976 bits per heavy atom. The number of hydrogen-bond acceptors (Lipinski definition) is 6. The minimum atomic E-state index is -0.660. The van der Waals surface area contributed by atoms with Gasteiger partial charge in [0.1, 0.15) is 17.5 Å². The summed E-state index contributed by atoms with van der Waals surface area (Å²) in [5.41, 5.74) is 1.18. The summed E-state index contributed by atoms with van der Waals surface area (Å²) in [5, 5.41) is 3.34. The van der Waals surface area contributed by atoms with Crippen molar-refractivity contribution in [1.82, 2.24) is 20.0 Å². The zero-order valence-corrected chi connectivity index (χ0v) is 25.0. The number of carbonyl (C=O) groups excluding carboxylic acids is 3. The first-order valence-corrected chi connectivity index (χ1v) is 14.5. The Bertz CT molecular complexity index is 1220. The second-order valence-electron chi connectivity index (χ2n) is 12.1. The van der Waals surface area contributed by atoms with Gasteiger partial charge in [0.2, 0.25) is 11.8 Å². The van der Waals surface area contributed by atoms with E-state index in [4.69, 9.17) is 9.47 Å². The highest BCUT2D eigenvalue weighted by atomic mass is 16.5. The van der Waals surface area contributed by atoms with Crippen molar-refractivity contribution in [1.29, 1.82) is 0 Å². The number of nitrogens with one attached hydrogen (secondary N) is 1. The van der Waals surface area contributed by atoms with Gasteiger partial charge in [0.05, 0.1) is 20.3 Å². The molecular weight excluding hydrogens is 520 g/mol. The van der Waals surface area contributed by atoms with Crippen LogP contribution in [0.25, 0.3) is 0 Å². The minimum Gasteiger partial charge on any atom is -0.497 e. The normalized spacial score (nSPS) is 19.4. The third-order valence-corrected chi connectivity index (χ3v) is 7.72. The first-order valence-electron chi connectivity index (χ1n) is 14.5. The van der Waals surface area contributed by atoms with Gasteiger partial charge in [-0.3, -0.25) is 14.4 Å². The van der Waals surface area contributed by atoms with E-state index in [0.717, 1.165) is 30.8 Å². The number of nitrogens with zero attached hydrogens (tertiary/aromatic N) is 3. The summed E-state index contributed by atoms with van der Waals surface area (Å²) in [6, 6.07) is 13.7. The molecule has 1 N–H and O–H groups in total. The Labute approximate surface area is 243 Å². The van der Waals surface area contributed by atoms with E-state index < -0.39 is 6.04 Å². The van der Waals surface area contributed by atoms with Crippen molar-refractivity contribution in [3.63, 3.8) is 0 Å². The second kappa shape index (κ2) is 13.4. The summed E-state index contributed by atoms with van der Waals surface area (Å²) in [7, 11) is 3.18. The largest absolute Gasteiger partial charge is 0.497 e. The van der Waals surface area contributed by atoms with Crippen molar-refractivity contribution in [2.75, 3.05) is 46.9 Å². The monoisotopic (exact) mass is 564 g/mol. The van der Waals surface area contributed by atoms with Crippen LogP contribution in [0.2, 0.25) is 0 Å². The molecule has 0 bridgehead atoms. The lowest BCUT2D eigenvalue weighted by Crippen LogP contribution is -2.48. The van der Waals surface area contributed by atoms with E-state index in [1.165, 1.54) is 0 Å². The predicted octanol–water partition coefficient (Wildman–Crippen LogP) is 3.57. The maximum absolute atomic E-state index is 14.0. The molecule has 41 heavy (non-hydrogen) atoms. The van der Waals surface area contributed by atoms with Crippen molar-refractivity contribution in [2.24, 2.45) is 5.41 Å². The topological polar surface area (TPSA) is 91.4 Å². The fourth-order valence-corrected chi connectivity index (χ4v) is 5.64. The van der Waals surface area contributed by atoms with Crippen molar-refractivity contribution in [3.05, 3.63) is 59.7 Å². The molecule has 0 aromatic heterocycles. The third-order valence-electron chi connectivity index (χ3n) is 7.72. The van der Waals surface area contributed by atoms with Gasteiger partial charge < -0.3 is 29.5 Å². The molecule has 9 heteroatoms. The highest BCUT2D eigenvalue weighted by molar-refractivity contribution is 5.98. The van der Waals surface area contributed by atoms with Crippen molar-refractivity contribution in [3.8, 4) is 11.5 Å². The molecule has 2 saturated heterocycles. The average molecular weight is 565 g/mol. The molecule has 0 spiro atoms. The first-order chi connectivity index (χ1) is 19.6. The van der Waals surface area contributed by atoms with Crippen LogP contribution in [-0.4, -0.2) is 91.4 Å². The summed E-state index contributed by atoms with van der Waals surface area (Å²) >= 11 is 0. The summed E-state index contributed by atoms with van der Waals surface area (Å²) in [4.78, 5) is 47.2. The number of hydrogen-bond donors (Lipinski definition) is 1. The average Bonchev–Trinajstić information content (AvgIpc) is 3.21. The molecule has 2 heterocycles. The lowest BCUT2D eigenvalue weighted by molar-refractivity contribution is -0.137. The van der Waals surface area contributed by atoms with Crippen LogP contribution in [0.3, 0.4) is 0 Å². The first kappa shape index (κ1) is 30.4. The Morgan fingerprint density at radius 3 is 2.39 bits per heavy atom. The van der Waals surface area contributed by atoms with Crippen LogP contribution in [0, 0.1) is 5.41 Å². The van der Waals surface area contributed by atoms with Crippen molar-refractivity contribution < 1.29 is 23.9 Å². The molecule has 2 unspecified atom stereocenters. The zero-order valence-electron chi connectivity index (χ0n) is 25.0.